The molecule has 2 bridgehead atoms. The van der Waals surface area contributed by atoms with Gasteiger partial charge in [-0.05, 0) is 35.9 Å². The lowest BCUT2D eigenvalue weighted by Gasteiger charge is -2.13. The summed E-state index contributed by atoms with van der Waals surface area (Å²) in [5.74, 6) is -1.34. The summed E-state index contributed by atoms with van der Waals surface area (Å²) in [7, 11) is 0. The minimum atomic E-state index is -4.77. The lowest BCUT2D eigenvalue weighted by Crippen LogP contribution is -2.14. The second kappa shape index (κ2) is 7.33. The predicted molar refractivity (Wildman–Crippen MR) is 104 cm³/mol. The highest BCUT2D eigenvalue weighted by Crippen LogP contribution is 2.44. The maximum absolute atomic E-state index is 13.1. The maximum atomic E-state index is 13.1. The Balaban J connectivity index is 1.78. The number of hydrogen-bond acceptors (Lipinski definition) is 3. The number of amides is 1. The standard InChI is InChI=1S/C21H10ClF6NO3/c22-13-5-4-11(7-12(13)21(26,27)28)29-19(31)17-15-8-14(30)18(32-15)16(17)9-2-1-3-10(6-9)20(23,24)25/h1-8,30H,(H,29,31). The number of nitrogens with one attached hydrogen (secondary N) is 1. The number of carbonyl (C=O) groups is 1. The summed E-state index contributed by atoms with van der Waals surface area (Å²) in [6.07, 6.45) is -9.43. The van der Waals surface area contributed by atoms with Crippen molar-refractivity contribution in [2.75, 3.05) is 5.32 Å². The molecule has 0 aliphatic heterocycles. The SMILES string of the molecule is O=C(Nc1ccc(Cl)c(C(F)(F)F)c1)c1c(-c2cccc(C(F)(F)F)c2)c2oc1cc2O. The van der Waals surface area contributed by atoms with Crippen LogP contribution in [0, 0.1) is 0 Å². The van der Waals surface area contributed by atoms with Crippen molar-refractivity contribution in [2.24, 2.45) is 0 Å². The maximum Gasteiger partial charge on any atom is 0.417 e. The normalized spacial score (nSPS) is 12.5. The van der Waals surface area contributed by atoms with E-state index >= 15 is 0 Å². The first kappa shape index (κ1) is 21.8. The quantitative estimate of drug-likeness (QED) is 0.310. The van der Waals surface area contributed by atoms with Crippen LogP contribution in [0.3, 0.4) is 0 Å². The largest absolute Gasteiger partial charge is 0.504 e. The zero-order chi connectivity index (χ0) is 23.4. The van der Waals surface area contributed by atoms with Crippen LogP contribution in [-0.4, -0.2) is 11.0 Å². The molecule has 0 atom stereocenters. The van der Waals surface area contributed by atoms with Gasteiger partial charge in [-0.25, -0.2) is 0 Å². The molecule has 2 aromatic heterocycles. The fraction of sp³-hybridized carbons (Fsp3) is 0.0952. The Morgan fingerprint density at radius 1 is 0.969 bits per heavy atom. The monoisotopic (exact) mass is 473 g/mol. The van der Waals surface area contributed by atoms with E-state index in [4.69, 9.17) is 16.0 Å². The van der Waals surface area contributed by atoms with Crippen molar-refractivity contribution in [3.05, 3.63) is 70.2 Å². The van der Waals surface area contributed by atoms with Gasteiger partial charge >= 0.3 is 12.4 Å². The van der Waals surface area contributed by atoms with Gasteiger partial charge in [-0.15, -0.1) is 0 Å². The zero-order valence-corrected chi connectivity index (χ0v) is 16.3. The van der Waals surface area contributed by atoms with Crippen molar-refractivity contribution in [3.8, 4) is 16.9 Å². The highest BCUT2D eigenvalue weighted by Gasteiger charge is 2.35. The molecule has 2 heterocycles. The van der Waals surface area contributed by atoms with Gasteiger partial charge in [0, 0.05) is 17.3 Å². The van der Waals surface area contributed by atoms with Crippen LogP contribution in [0.2, 0.25) is 5.02 Å². The first-order chi connectivity index (χ1) is 14.9. The number of rotatable bonds is 3. The first-order valence-electron chi connectivity index (χ1n) is 8.80. The Hall–Kier alpha value is -3.40. The van der Waals surface area contributed by atoms with Crippen LogP contribution >= 0.6 is 11.6 Å². The van der Waals surface area contributed by atoms with E-state index in [0.717, 1.165) is 36.4 Å². The molecule has 32 heavy (non-hydrogen) atoms. The number of hydrogen-bond donors (Lipinski definition) is 2. The molecule has 4 rings (SSSR count). The topological polar surface area (TPSA) is 62.5 Å². The number of anilines is 1. The molecule has 4 aromatic rings. The molecule has 4 nitrogen and oxygen atoms in total. The third-order valence-corrected chi connectivity index (χ3v) is 5.00. The van der Waals surface area contributed by atoms with Crippen molar-refractivity contribution in [2.45, 2.75) is 12.4 Å². The third kappa shape index (κ3) is 3.81. The van der Waals surface area contributed by atoms with Gasteiger partial charge in [-0.1, -0.05) is 23.7 Å². The molecule has 0 saturated heterocycles. The minimum absolute atomic E-state index is 0.0679. The molecule has 0 spiro atoms. The lowest BCUT2D eigenvalue weighted by molar-refractivity contribution is -0.138. The smallest absolute Gasteiger partial charge is 0.417 e. The number of aromatic hydroxyl groups is 1. The Labute approximate surface area is 180 Å². The molecular formula is C21H10ClF6NO3. The fourth-order valence-corrected chi connectivity index (χ4v) is 3.51. The van der Waals surface area contributed by atoms with Crippen LogP contribution in [0.5, 0.6) is 5.75 Å². The van der Waals surface area contributed by atoms with Crippen molar-refractivity contribution < 1.29 is 40.7 Å². The molecule has 0 saturated carbocycles. The Kier molecular flexibility index (Phi) is 5.00. The van der Waals surface area contributed by atoms with E-state index in [1.165, 1.54) is 6.07 Å². The molecule has 11 heteroatoms. The highest BCUT2D eigenvalue weighted by atomic mass is 35.5. The molecule has 0 aliphatic rings. The molecule has 0 unspecified atom stereocenters. The van der Waals surface area contributed by atoms with E-state index in [0.29, 0.717) is 6.07 Å². The van der Waals surface area contributed by atoms with Gasteiger partial charge < -0.3 is 14.8 Å². The van der Waals surface area contributed by atoms with Crippen LogP contribution in [-0.2, 0) is 12.4 Å². The number of fused-ring (bicyclic) bond motifs is 2. The van der Waals surface area contributed by atoms with Gasteiger partial charge in [-0.3, -0.25) is 4.79 Å². The number of phenols is 1. The van der Waals surface area contributed by atoms with E-state index < -0.39 is 40.2 Å². The predicted octanol–water partition coefficient (Wildman–Crippen LogP) is 7.19. The summed E-state index contributed by atoms with van der Waals surface area (Å²) in [5, 5.41) is 11.7. The second-order valence-corrected chi connectivity index (χ2v) is 7.21. The van der Waals surface area contributed by atoms with E-state index in [1.54, 1.807) is 0 Å². The van der Waals surface area contributed by atoms with Crippen LogP contribution in [0.1, 0.15) is 21.5 Å². The Morgan fingerprint density at radius 2 is 1.69 bits per heavy atom. The van der Waals surface area contributed by atoms with Gasteiger partial charge in [-0.2, -0.15) is 26.3 Å². The number of furan rings is 2. The number of benzene rings is 3. The van der Waals surface area contributed by atoms with Gasteiger partial charge in [0.1, 0.15) is 5.58 Å². The van der Waals surface area contributed by atoms with Gasteiger partial charge in [0.05, 0.1) is 21.7 Å². The van der Waals surface area contributed by atoms with Crippen molar-refractivity contribution in [1.82, 2.24) is 0 Å². The minimum Gasteiger partial charge on any atom is -0.504 e. The Morgan fingerprint density at radius 3 is 2.34 bits per heavy atom. The molecule has 0 radical (unpaired) electrons. The molecule has 0 aliphatic carbocycles. The first-order valence-corrected chi connectivity index (χ1v) is 9.17. The van der Waals surface area contributed by atoms with Crippen molar-refractivity contribution in [3.63, 3.8) is 0 Å². The summed E-state index contributed by atoms with van der Waals surface area (Å²) < 4.78 is 84.0. The van der Waals surface area contributed by atoms with Crippen LogP contribution in [0.15, 0.2) is 52.9 Å². The van der Waals surface area contributed by atoms with E-state index in [1.807, 2.05) is 0 Å². The summed E-state index contributed by atoms with van der Waals surface area (Å²) in [6.45, 7) is 0. The average molecular weight is 474 g/mol. The summed E-state index contributed by atoms with van der Waals surface area (Å²) in [6, 6.07) is 7.82. The number of carbonyl (C=O) groups excluding carboxylic acids is 1. The molecule has 2 aromatic carbocycles. The summed E-state index contributed by atoms with van der Waals surface area (Å²) in [4.78, 5) is 12.9. The average Bonchev–Trinajstić information content (AvgIpc) is 3.25. The molecule has 2 N–H and O–H groups in total. The molecular weight excluding hydrogens is 464 g/mol. The Bertz CT molecular complexity index is 1330. The molecule has 166 valence electrons. The van der Waals surface area contributed by atoms with E-state index in [9.17, 15) is 36.2 Å². The molecule has 0 fully saturated rings. The van der Waals surface area contributed by atoms with Crippen molar-refractivity contribution in [1.29, 1.82) is 0 Å². The van der Waals surface area contributed by atoms with Gasteiger partial charge in [0.25, 0.3) is 5.91 Å². The van der Waals surface area contributed by atoms with Gasteiger partial charge in [0.2, 0.25) is 0 Å². The lowest BCUT2D eigenvalue weighted by atomic mass is 9.97. The van der Waals surface area contributed by atoms with E-state index in [-0.39, 0.29) is 33.5 Å². The highest BCUT2D eigenvalue weighted by molar-refractivity contribution is 6.31. The zero-order valence-electron chi connectivity index (χ0n) is 15.5. The third-order valence-electron chi connectivity index (χ3n) is 4.67. The van der Waals surface area contributed by atoms with E-state index in [2.05, 4.69) is 5.32 Å². The summed E-state index contributed by atoms with van der Waals surface area (Å²) in [5.41, 5.74) is -3.21. The fourth-order valence-electron chi connectivity index (χ4n) is 3.29. The van der Waals surface area contributed by atoms with Crippen LogP contribution in [0.25, 0.3) is 22.3 Å². The van der Waals surface area contributed by atoms with Crippen molar-refractivity contribution >= 4 is 34.4 Å². The second-order valence-electron chi connectivity index (χ2n) is 6.80. The number of alkyl halides is 6. The number of halogens is 7. The number of phenolic OH excluding ortho intramolecular Hbond substituents is 1. The van der Waals surface area contributed by atoms with Gasteiger partial charge in [0.15, 0.2) is 11.3 Å². The van der Waals surface area contributed by atoms with Crippen LogP contribution < -0.4 is 5.32 Å². The summed E-state index contributed by atoms with van der Waals surface area (Å²) >= 11 is 5.57. The molecule has 1 amide bonds. The van der Waals surface area contributed by atoms with Crippen LogP contribution in [0.4, 0.5) is 32.0 Å².